The molecule has 0 aliphatic heterocycles. The number of nitrogens with zero attached hydrogens (tertiary/aromatic N) is 1. The third-order valence-electron chi connectivity index (χ3n) is 8.45. The molecular weight excluding hydrogens is 551 g/mol. The van der Waals surface area contributed by atoms with Crippen LogP contribution in [0.2, 0.25) is 18.1 Å². The Labute approximate surface area is 251 Å². The fraction of sp³-hybridized carbons (Fsp3) is 0.515. The van der Waals surface area contributed by atoms with Gasteiger partial charge < -0.3 is 19.0 Å². The molecule has 0 bridgehead atoms. The molecule has 0 spiro atoms. The van der Waals surface area contributed by atoms with E-state index in [1.165, 1.54) is 16.9 Å². The van der Waals surface area contributed by atoms with Crippen LogP contribution in [-0.4, -0.2) is 38.6 Å². The van der Waals surface area contributed by atoms with E-state index in [0.29, 0.717) is 6.42 Å². The summed E-state index contributed by atoms with van der Waals surface area (Å²) in [4.78, 5) is 17.1. The molecule has 0 aliphatic rings. The van der Waals surface area contributed by atoms with E-state index in [-0.39, 0.29) is 17.1 Å². The lowest BCUT2D eigenvalue weighted by Crippen LogP contribution is -2.43. The first kappa shape index (κ1) is 32.8. The summed E-state index contributed by atoms with van der Waals surface area (Å²) in [5, 5.41) is 10.5. The summed E-state index contributed by atoms with van der Waals surface area (Å²) in [6, 6.07) is 14.8. The Morgan fingerprint density at radius 3 is 2.22 bits per heavy atom. The summed E-state index contributed by atoms with van der Waals surface area (Å²) in [6.07, 6.45) is 5.11. The third kappa shape index (κ3) is 8.43. The summed E-state index contributed by atoms with van der Waals surface area (Å²) < 4.78 is 18.8. The maximum atomic E-state index is 11.6. The SMILES string of the molecule is COc1cc(C(O[Si](C)(C)C(C)(C)C)[C@H](CCCc2ccccc2)Cc2ncc(C(C)C(=O)O)s2)cc(OC)c1C. The largest absolute Gasteiger partial charge is 0.496 e. The third-order valence-corrected chi connectivity index (χ3v) is 14.1. The molecule has 0 saturated carbocycles. The summed E-state index contributed by atoms with van der Waals surface area (Å²) in [6.45, 7) is 15.1. The number of methoxy groups -OCH3 is 2. The van der Waals surface area contributed by atoms with Crippen LogP contribution in [0.3, 0.4) is 0 Å². The Balaban J connectivity index is 2.07. The molecule has 1 aromatic heterocycles. The number of carboxylic acid groups (broad SMARTS) is 1. The van der Waals surface area contributed by atoms with Gasteiger partial charge in [0.15, 0.2) is 8.32 Å². The van der Waals surface area contributed by atoms with Gasteiger partial charge in [-0.1, -0.05) is 51.1 Å². The van der Waals surface area contributed by atoms with Gasteiger partial charge in [-0.3, -0.25) is 4.79 Å². The van der Waals surface area contributed by atoms with Crippen molar-refractivity contribution in [2.45, 2.75) is 90.5 Å². The van der Waals surface area contributed by atoms with Crippen LogP contribution in [0.15, 0.2) is 48.7 Å². The highest BCUT2D eigenvalue weighted by molar-refractivity contribution is 7.11. The average Bonchev–Trinajstić information content (AvgIpc) is 3.39. The summed E-state index contributed by atoms with van der Waals surface area (Å²) in [5.41, 5.74) is 3.31. The molecule has 0 fully saturated rings. The van der Waals surface area contributed by atoms with Gasteiger partial charge in [0.1, 0.15) is 11.5 Å². The molecular formula is C33H47NO5SSi. The average molecular weight is 598 g/mol. The van der Waals surface area contributed by atoms with Crippen LogP contribution in [-0.2, 0) is 22.1 Å². The topological polar surface area (TPSA) is 77.9 Å². The first-order valence-corrected chi connectivity index (χ1v) is 18.1. The van der Waals surface area contributed by atoms with Gasteiger partial charge in [0, 0.05) is 23.1 Å². The minimum atomic E-state index is -2.21. The van der Waals surface area contributed by atoms with Crippen molar-refractivity contribution in [3.05, 3.63) is 75.2 Å². The number of benzene rings is 2. The highest BCUT2D eigenvalue weighted by Gasteiger charge is 2.41. The fourth-order valence-corrected chi connectivity index (χ4v) is 7.11. The van der Waals surface area contributed by atoms with E-state index in [4.69, 9.17) is 18.9 Å². The monoisotopic (exact) mass is 597 g/mol. The predicted molar refractivity (Wildman–Crippen MR) is 170 cm³/mol. The van der Waals surface area contributed by atoms with Crippen molar-refractivity contribution in [1.29, 1.82) is 0 Å². The number of aryl methyl sites for hydroxylation is 1. The van der Waals surface area contributed by atoms with E-state index in [9.17, 15) is 9.90 Å². The van der Waals surface area contributed by atoms with E-state index in [0.717, 1.165) is 51.8 Å². The molecule has 224 valence electrons. The minimum absolute atomic E-state index is 0.0178. The van der Waals surface area contributed by atoms with Gasteiger partial charge in [0.25, 0.3) is 0 Å². The number of rotatable bonds is 14. The number of ether oxygens (including phenoxy) is 2. The zero-order chi connectivity index (χ0) is 30.4. The lowest BCUT2D eigenvalue weighted by Gasteiger charge is -2.42. The van der Waals surface area contributed by atoms with Gasteiger partial charge in [0.05, 0.1) is 31.2 Å². The van der Waals surface area contributed by atoms with Crippen molar-refractivity contribution in [3.8, 4) is 11.5 Å². The number of aromatic nitrogens is 1. The summed E-state index contributed by atoms with van der Waals surface area (Å²) in [5.74, 6) is 0.250. The van der Waals surface area contributed by atoms with Gasteiger partial charge in [-0.25, -0.2) is 4.98 Å². The van der Waals surface area contributed by atoms with Crippen molar-refractivity contribution in [2.75, 3.05) is 14.2 Å². The second-order valence-electron chi connectivity index (χ2n) is 12.4. The highest BCUT2D eigenvalue weighted by atomic mass is 32.1. The van der Waals surface area contributed by atoms with Gasteiger partial charge in [-0.05, 0) is 80.4 Å². The Hall–Kier alpha value is -2.68. The molecule has 2 aromatic carbocycles. The predicted octanol–water partition coefficient (Wildman–Crippen LogP) is 8.60. The van der Waals surface area contributed by atoms with Crippen LogP contribution in [0.25, 0.3) is 0 Å². The van der Waals surface area contributed by atoms with Gasteiger partial charge in [-0.2, -0.15) is 0 Å². The van der Waals surface area contributed by atoms with Crippen LogP contribution >= 0.6 is 11.3 Å². The van der Waals surface area contributed by atoms with Crippen molar-refractivity contribution < 1.29 is 23.8 Å². The van der Waals surface area contributed by atoms with E-state index in [1.54, 1.807) is 27.3 Å². The molecule has 1 heterocycles. The Bertz CT molecular complexity index is 1260. The molecule has 0 radical (unpaired) electrons. The van der Waals surface area contributed by atoms with Crippen LogP contribution < -0.4 is 9.47 Å². The van der Waals surface area contributed by atoms with Crippen molar-refractivity contribution in [1.82, 2.24) is 4.98 Å². The Morgan fingerprint density at radius 2 is 1.68 bits per heavy atom. The van der Waals surface area contributed by atoms with Gasteiger partial charge in [0.2, 0.25) is 0 Å². The van der Waals surface area contributed by atoms with E-state index in [2.05, 4.69) is 70.3 Å². The molecule has 8 heteroatoms. The summed E-state index contributed by atoms with van der Waals surface area (Å²) in [7, 11) is 1.17. The first-order chi connectivity index (χ1) is 19.3. The maximum Gasteiger partial charge on any atom is 0.311 e. The standard InChI is InChI=1S/C33H47NO5SSi/c1-22-27(37-6)18-26(19-28(22)38-7)31(39-41(8,9)33(3,4)5)25(17-13-16-24-14-11-10-12-15-24)20-30-34-21-29(40-30)23(2)32(35)36/h10-12,14-15,18-19,21,23,25,31H,13,16-17,20H2,1-9H3,(H,35,36)/t23?,25-,31?/m1/s1. The molecule has 3 aromatic rings. The first-order valence-electron chi connectivity index (χ1n) is 14.4. The highest BCUT2D eigenvalue weighted by Crippen LogP contribution is 2.45. The van der Waals surface area contributed by atoms with Crippen molar-refractivity contribution >= 4 is 25.6 Å². The molecule has 41 heavy (non-hydrogen) atoms. The quantitative estimate of drug-likeness (QED) is 0.188. The number of thiazole rings is 1. The van der Waals surface area contributed by atoms with Crippen LogP contribution in [0, 0.1) is 12.8 Å². The molecule has 0 amide bonds. The lowest BCUT2D eigenvalue weighted by molar-refractivity contribution is -0.138. The van der Waals surface area contributed by atoms with Crippen LogP contribution in [0.4, 0.5) is 0 Å². The van der Waals surface area contributed by atoms with Gasteiger partial charge in [-0.15, -0.1) is 11.3 Å². The zero-order valence-electron chi connectivity index (χ0n) is 26.1. The molecule has 3 atom stereocenters. The maximum absolute atomic E-state index is 11.6. The minimum Gasteiger partial charge on any atom is -0.496 e. The molecule has 1 N–H and O–H groups in total. The van der Waals surface area contributed by atoms with Crippen LogP contribution in [0.5, 0.6) is 11.5 Å². The second-order valence-corrected chi connectivity index (χ2v) is 18.3. The number of carboxylic acids is 1. The smallest absolute Gasteiger partial charge is 0.311 e. The second kappa shape index (κ2) is 14.0. The Morgan fingerprint density at radius 1 is 1.07 bits per heavy atom. The lowest BCUT2D eigenvalue weighted by atomic mass is 9.87. The fourth-order valence-electron chi connectivity index (χ4n) is 4.74. The number of carbonyl (C=O) groups is 1. The molecule has 2 unspecified atom stereocenters. The van der Waals surface area contributed by atoms with Gasteiger partial charge >= 0.3 is 5.97 Å². The number of aliphatic carboxylic acids is 1. The molecule has 6 nitrogen and oxygen atoms in total. The van der Waals surface area contributed by atoms with E-state index < -0.39 is 20.2 Å². The van der Waals surface area contributed by atoms with E-state index >= 15 is 0 Å². The molecule has 0 saturated heterocycles. The molecule has 3 rings (SSSR count). The zero-order valence-corrected chi connectivity index (χ0v) is 27.9. The Kier molecular flexibility index (Phi) is 11.2. The number of hydrogen-bond donors (Lipinski definition) is 1. The van der Waals surface area contributed by atoms with Crippen molar-refractivity contribution in [2.24, 2.45) is 5.92 Å². The molecule has 0 aliphatic carbocycles. The van der Waals surface area contributed by atoms with E-state index in [1.807, 2.05) is 13.0 Å². The van der Waals surface area contributed by atoms with Crippen LogP contribution in [0.1, 0.15) is 79.1 Å². The van der Waals surface area contributed by atoms with Crippen molar-refractivity contribution in [3.63, 3.8) is 0 Å². The normalized spacial score (nSPS) is 14.4. The summed E-state index contributed by atoms with van der Waals surface area (Å²) >= 11 is 1.50. The number of hydrogen-bond acceptors (Lipinski definition) is 6.